The number of anilines is 2. The van der Waals surface area contributed by atoms with E-state index in [2.05, 4.69) is 16.3 Å². The number of benzene rings is 2. The van der Waals surface area contributed by atoms with Crippen LogP contribution in [0, 0.1) is 5.41 Å². The van der Waals surface area contributed by atoms with Crippen molar-refractivity contribution < 1.29 is 13.9 Å². The number of carbonyl (C=O) groups excluding carboxylic acids is 1. The summed E-state index contributed by atoms with van der Waals surface area (Å²) in [6.45, 7) is 4.57. The van der Waals surface area contributed by atoms with Gasteiger partial charge >= 0.3 is 0 Å². The predicted molar refractivity (Wildman–Crippen MR) is 116 cm³/mol. The maximum Gasteiger partial charge on any atom is 0.261 e. The molecule has 0 radical (unpaired) electrons. The van der Waals surface area contributed by atoms with E-state index in [0.717, 1.165) is 49.7 Å². The quantitative estimate of drug-likeness (QED) is 0.682. The van der Waals surface area contributed by atoms with Gasteiger partial charge in [-0.1, -0.05) is 12.1 Å². The molecule has 1 aromatic heterocycles. The first-order chi connectivity index (χ1) is 14.7. The van der Waals surface area contributed by atoms with Gasteiger partial charge in [0.1, 0.15) is 16.9 Å². The summed E-state index contributed by atoms with van der Waals surface area (Å²) < 4.78 is 11.5. The third-order valence-electron chi connectivity index (χ3n) is 5.93. The molecule has 0 aliphatic carbocycles. The molecule has 6 nitrogen and oxygen atoms in total. The maximum atomic E-state index is 13.0. The number of rotatable bonds is 4. The van der Waals surface area contributed by atoms with E-state index in [1.54, 1.807) is 12.1 Å². The summed E-state index contributed by atoms with van der Waals surface area (Å²) in [4.78, 5) is 15.4. The number of aryl methyl sites for hydroxylation is 2. The molecule has 5 rings (SSSR count). The first-order valence-corrected chi connectivity index (χ1v) is 10.6. The Morgan fingerprint density at radius 2 is 2.00 bits per heavy atom. The van der Waals surface area contributed by atoms with E-state index in [-0.39, 0.29) is 17.0 Å². The van der Waals surface area contributed by atoms with Crippen molar-refractivity contribution in [1.82, 2.24) is 0 Å². The van der Waals surface area contributed by atoms with Crippen LogP contribution in [0.15, 0.2) is 40.8 Å². The molecule has 2 N–H and O–H groups in total. The summed E-state index contributed by atoms with van der Waals surface area (Å²) in [7, 11) is 0. The number of hydrogen-bond donors (Lipinski definition) is 2. The molecule has 2 aromatic carbocycles. The fraction of sp³-hybridized carbons (Fsp3) is 0.333. The minimum absolute atomic E-state index is 0.113. The Hall–Kier alpha value is -3.28. The largest absolute Gasteiger partial charge is 0.492 e. The second kappa shape index (κ2) is 7.52. The molecular weight excluding hydrogens is 378 g/mol. The highest BCUT2D eigenvalue weighted by Gasteiger charge is 2.27. The van der Waals surface area contributed by atoms with Crippen molar-refractivity contribution in [3.8, 4) is 5.75 Å². The molecule has 6 heteroatoms. The lowest BCUT2D eigenvalue weighted by Gasteiger charge is -2.37. The average Bonchev–Trinajstić information content (AvgIpc) is 2.76. The Bertz CT molecular complexity index is 1200. The molecule has 30 heavy (non-hydrogen) atoms. The molecule has 3 heterocycles. The Kier molecular flexibility index (Phi) is 4.69. The van der Waals surface area contributed by atoms with Crippen LogP contribution in [-0.2, 0) is 12.8 Å². The first kappa shape index (κ1) is 18.7. The zero-order valence-corrected chi connectivity index (χ0v) is 17.1. The zero-order valence-electron chi connectivity index (χ0n) is 17.1. The van der Waals surface area contributed by atoms with Crippen LogP contribution in [0.1, 0.15) is 41.3 Å². The minimum atomic E-state index is -0.370. The number of fused-ring (bicyclic) bond motifs is 2. The van der Waals surface area contributed by atoms with Gasteiger partial charge < -0.3 is 19.4 Å². The Morgan fingerprint density at radius 1 is 1.20 bits per heavy atom. The summed E-state index contributed by atoms with van der Waals surface area (Å²) >= 11 is 0. The van der Waals surface area contributed by atoms with Crippen molar-refractivity contribution in [2.75, 3.05) is 29.9 Å². The topological polar surface area (TPSA) is 78.6 Å². The van der Waals surface area contributed by atoms with Gasteiger partial charge in [-0.25, -0.2) is 0 Å². The van der Waals surface area contributed by atoms with Gasteiger partial charge in [-0.2, -0.15) is 0 Å². The summed E-state index contributed by atoms with van der Waals surface area (Å²) in [5.41, 5.74) is 5.25. The van der Waals surface area contributed by atoms with E-state index in [1.165, 1.54) is 16.8 Å². The Morgan fingerprint density at radius 3 is 2.83 bits per heavy atom. The molecule has 0 bridgehead atoms. The molecule has 0 fully saturated rings. The smallest absolute Gasteiger partial charge is 0.261 e. The van der Waals surface area contributed by atoms with Gasteiger partial charge in [0.2, 0.25) is 5.55 Å². The third-order valence-corrected chi connectivity index (χ3v) is 5.93. The van der Waals surface area contributed by atoms with Crippen molar-refractivity contribution in [3.05, 3.63) is 58.6 Å². The SMILES string of the molecule is CCOc1ccccc1NC(=O)c1cc2cc3c4c(c2oc1=N)CCCN4CCC3. The molecule has 0 saturated carbocycles. The molecule has 1 amide bonds. The van der Waals surface area contributed by atoms with Gasteiger partial charge in [0.25, 0.3) is 5.91 Å². The molecule has 3 aromatic rings. The summed E-state index contributed by atoms with van der Waals surface area (Å²) in [5.74, 6) is 0.238. The number of nitrogens with one attached hydrogen (secondary N) is 2. The first-order valence-electron chi connectivity index (χ1n) is 10.6. The maximum absolute atomic E-state index is 13.0. The van der Waals surface area contributed by atoms with Crippen LogP contribution in [0.25, 0.3) is 11.0 Å². The number of para-hydroxylation sites is 2. The number of carbonyl (C=O) groups is 1. The normalized spacial score (nSPS) is 15.0. The monoisotopic (exact) mass is 403 g/mol. The van der Waals surface area contributed by atoms with Gasteiger partial charge in [-0.05, 0) is 62.4 Å². The molecule has 2 aliphatic rings. The lowest BCUT2D eigenvalue weighted by molar-refractivity contribution is 0.102. The van der Waals surface area contributed by atoms with Crippen molar-refractivity contribution in [2.45, 2.75) is 32.6 Å². The minimum Gasteiger partial charge on any atom is -0.492 e. The van der Waals surface area contributed by atoms with Gasteiger partial charge in [0.15, 0.2) is 0 Å². The molecule has 2 aliphatic heterocycles. The number of ether oxygens (including phenoxy) is 1. The number of amides is 1. The highest BCUT2D eigenvalue weighted by Crippen LogP contribution is 2.39. The fourth-order valence-corrected chi connectivity index (χ4v) is 4.67. The molecule has 154 valence electrons. The highest BCUT2D eigenvalue weighted by molar-refractivity contribution is 6.06. The molecule has 0 spiro atoms. The van der Waals surface area contributed by atoms with E-state index in [0.29, 0.717) is 18.0 Å². The van der Waals surface area contributed by atoms with Crippen molar-refractivity contribution in [2.24, 2.45) is 0 Å². The van der Waals surface area contributed by atoms with E-state index in [1.807, 2.05) is 25.1 Å². The van der Waals surface area contributed by atoms with Gasteiger partial charge in [-0.15, -0.1) is 0 Å². The van der Waals surface area contributed by atoms with Crippen LogP contribution in [0.2, 0.25) is 0 Å². The summed E-state index contributed by atoms with van der Waals surface area (Å²) in [5, 5.41) is 12.2. The summed E-state index contributed by atoms with van der Waals surface area (Å²) in [6.07, 6.45) is 4.23. The van der Waals surface area contributed by atoms with E-state index in [9.17, 15) is 4.79 Å². The van der Waals surface area contributed by atoms with Gasteiger partial charge in [0, 0.05) is 29.7 Å². The van der Waals surface area contributed by atoms with E-state index in [4.69, 9.17) is 14.6 Å². The van der Waals surface area contributed by atoms with Crippen LogP contribution < -0.4 is 20.5 Å². The average molecular weight is 403 g/mol. The van der Waals surface area contributed by atoms with Crippen LogP contribution in [0.5, 0.6) is 5.75 Å². The van der Waals surface area contributed by atoms with Gasteiger partial charge in [-0.3, -0.25) is 10.2 Å². The van der Waals surface area contributed by atoms with E-state index >= 15 is 0 Å². The lowest BCUT2D eigenvalue weighted by Crippen LogP contribution is -2.34. The molecule has 0 atom stereocenters. The molecule has 0 unspecified atom stereocenters. The number of hydrogen-bond acceptors (Lipinski definition) is 5. The van der Waals surface area contributed by atoms with E-state index < -0.39 is 0 Å². The van der Waals surface area contributed by atoms with Crippen LogP contribution in [0.3, 0.4) is 0 Å². The van der Waals surface area contributed by atoms with Crippen molar-refractivity contribution in [1.29, 1.82) is 5.41 Å². The Balaban J connectivity index is 1.56. The predicted octanol–water partition coefficient (Wildman–Crippen LogP) is 4.26. The fourth-order valence-electron chi connectivity index (χ4n) is 4.67. The lowest BCUT2D eigenvalue weighted by atomic mass is 9.90. The zero-order chi connectivity index (χ0) is 20.7. The number of nitrogens with zero attached hydrogens (tertiary/aromatic N) is 1. The van der Waals surface area contributed by atoms with Crippen molar-refractivity contribution in [3.63, 3.8) is 0 Å². The standard InChI is InChI=1S/C24H25N3O3/c1-2-29-20-10-4-3-9-19(20)26-24(28)18-14-16-13-15-7-5-11-27-12-6-8-17(21(15)27)22(16)30-23(18)25/h3-4,9-10,13-14,25H,2,5-8,11-12H2,1H3,(H,26,28). The highest BCUT2D eigenvalue weighted by atomic mass is 16.5. The van der Waals surface area contributed by atoms with Crippen molar-refractivity contribution >= 4 is 28.3 Å². The second-order valence-electron chi connectivity index (χ2n) is 7.85. The third kappa shape index (κ3) is 3.12. The molecular formula is C24H25N3O3. The van der Waals surface area contributed by atoms with Crippen LogP contribution in [-0.4, -0.2) is 25.6 Å². The van der Waals surface area contributed by atoms with Crippen LogP contribution in [0.4, 0.5) is 11.4 Å². The van der Waals surface area contributed by atoms with Gasteiger partial charge in [0.05, 0.1) is 12.3 Å². The Labute approximate surface area is 175 Å². The van der Waals surface area contributed by atoms with Crippen LogP contribution >= 0.6 is 0 Å². The second-order valence-corrected chi connectivity index (χ2v) is 7.85. The molecule has 0 saturated heterocycles. The summed E-state index contributed by atoms with van der Waals surface area (Å²) in [6, 6.07) is 11.2.